The maximum atomic E-state index is 11.9. The van der Waals surface area contributed by atoms with Crippen LogP contribution in [0.25, 0.3) is 0 Å². The van der Waals surface area contributed by atoms with Crippen molar-refractivity contribution in [1.29, 1.82) is 0 Å². The molecule has 0 aromatic rings. The Bertz CT molecular complexity index is 449. The second kappa shape index (κ2) is 7.24. The number of hydrogen-bond donors (Lipinski definition) is 0. The highest BCUT2D eigenvalue weighted by Crippen LogP contribution is 2.51. The van der Waals surface area contributed by atoms with Gasteiger partial charge in [-0.25, -0.2) is 4.57 Å². The minimum absolute atomic E-state index is 0.636. The van der Waals surface area contributed by atoms with E-state index in [-0.39, 0.29) is 0 Å². The van der Waals surface area contributed by atoms with Crippen LogP contribution >= 0.6 is 7.82 Å². The largest absolute Gasteiger partial charge is 0.476 e. The van der Waals surface area contributed by atoms with Crippen molar-refractivity contribution in [3.8, 4) is 0 Å². The van der Waals surface area contributed by atoms with Crippen molar-refractivity contribution in [2.45, 2.75) is 12.4 Å². The van der Waals surface area contributed by atoms with E-state index < -0.39 is 49.4 Å². The van der Waals surface area contributed by atoms with Gasteiger partial charge in [0.2, 0.25) is 0 Å². The zero-order valence-electron chi connectivity index (χ0n) is 10.1. The molecule has 0 rings (SSSR count). The Kier molecular flexibility index (Phi) is 7.10. The third-order valence-electron chi connectivity index (χ3n) is 1.38. The van der Waals surface area contributed by atoms with Crippen LogP contribution in [0.1, 0.15) is 0 Å². The van der Waals surface area contributed by atoms with Gasteiger partial charge in [-0.15, -0.1) is 0 Å². The molecule has 0 spiro atoms. The van der Waals surface area contributed by atoms with Crippen LogP contribution in [-0.4, -0.2) is 47.0 Å². The van der Waals surface area contributed by atoms with Gasteiger partial charge >= 0.3 is 20.2 Å². The van der Waals surface area contributed by atoms with E-state index in [1.807, 2.05) is 0 Å². The van der Waals surface area contributed by atoms with E-state index >= 15 is 0 Å². The number of phosphoric acid groups is 1. The number of halogens is 6. The molecule has 0 bridgehead atoms. The molecule has 7 nitrogen and oxygen atoms in total. The molecule has 21 heavy (non-hydrogen) atoms. The molecule has 128 valence electrons. The normalized spacial score (nSPS) is 14.4. The number of phosphoric ester groups is 1. The molecule has 0 aliphatic rings. The molecule has 0 aromatic carbocycles. The first-order valence-corrected chi connectivity index (χ1v) is 7.67. The summed E-state index contributed by atoms with van der Waals surface area (Å²) in [5.74, 6) is -1.63. The third kappa shape index (κ3) is 10.9. The highest BCUT2D eigenvalue weighted by atomic mass is 32.2. The molecule has 0 radical (unpaired) electrons. The van der Waals surface area contributed by atoms with E-state index in [1.54, 1.807) is 0 Å². The Labute approximate surface area is 114 Å². The summed E-state index contributed by atoms with van der Waals surface area (Å²) in [6, 6.07) is 0. The van der Waals surface area contributed by atoms with Crippen LogP contribution in [0.4, 0.5) is 26.3 Å². The fourth-order valence-corrected chi connectivity index (χ4v) is 2.56. The Morgan fingerprint density at radius 2 is 1.29 bits per heavy atom. The average molecular weight is 370 g/mol. The molecular formula is C6H9F6O7PS. The van der Waals surface area contributed by atoms with Crippen LogP contribution in [0.2, 0.25) is 0 Å². The maximum absolute atomic E-state index is 11.9. The second-order valence-corrected chi connectivity index (χ2v) is 6.55. The minimum Gasteiger partial charge on any atom is -0.277 e. The topological polar surface area (TPSA) is 88.1 Å². The second-order valence-electron chi connectivity index (χ2n) is 3.20. The summed E-state index contributed by atoms with van der Waals surface area (Å²) in [4.78, 5) is 0. The van der Waals surface area contributed by atoms with E-state index in [0.717, 1.165) is 0 Å². The van der Waals surface area contributed by atoms with E-state index in [9.17, 15) is 39.3 Å². The number of rotatable bonds is 8. The predicted molar refractivity (Wildman–Crippen MR) is 53.5 cm³/mol. The van der Waals surface area contributed by atoms with Gasteiger partial charge in [0.15, 0.2) is 19.2 Å². The average Bonchev–Trinajstić information content (AvgIpc) is 2.30. The molecule has 0 amide bonds. The third-order valence-corrected chi connectivity index (χ3v) is 3.81. The smallest absolute Gasteiger partial charge is 0.277 e. The van der Waals surface area contributed by atoms with Crippen molar-refractivity contribution in [2.75, 3.05) is 26.3 Å². The van der Waals surface area contributed by atoms with Crippen molar-refractivity contribution < 1.29 is 57.1 Å². The Balaban J connectivity index is 4.87. The highest BCUT2D eigenvalue weighted by molar-refractivity contribution is 7.86. The number of alkyl halides is 6. The van der Waals surface area contributed by atoms with Crippen molar-refractivity contribution >= 4 is 17.9 Å². The summed E-state index contributed by atoms with van der Waals surface area (Å²) in [6.45, 7) is -4.54. The monoisotopic (exact) mass is 370 g/mol. The first kappa shape index (κ1) is 20.6. The van der Waals surface area contributed by atoms with Crippen molar-refractivity contribution in [2.24, 2.45) is 0 Å². The van der Waals surface area contributed by atoms with E-state index in [1.165, 1.54) is 0 Å². The van der Waals surface area contributed by atoms with Crippen molar-refractivity contribution in [3.05, 3.63) is 0 Å². The summed E-state index contributed by atoms with van der Waals surface area (Å²) in [5, 5.41) is 0. The molecule has 0 heterocycles. The zero-order chi connectivity index (χ0) is 16.9. The lowest BCUT2D eigenvalue weighted by Crippen LogP contribution is -2.21. The lowest BCUT2D eigenvalue weighted by Gasteiger charge is -2.19. The molecule has 0 saturated heterocycles. The predicted octanol–water partition coefficient (Wildman–Crippen LogP) is 2.20. The number of hydrogen-bond acceptors (Lipinski definition) is 7. The zero-order valence-corrected chi connectivity index (χ0v) is 11.8. The van der Waals surface area contributed by atoms with Gasteiger partial charge in [0, 0.05) is 0 Å². The van der Waals surface area contributed by atoms with E-state index in [0.29, 0.717) is 7.11 Å². The summed E-state index contributed by atoms with van der Waals surface area (Å²) in [7, 11) is -9.26. The SMILES string of the molecule is COS(=O)(=O)COP(=O)(OCC(F)(F)F)OCC(F)(F)F. The summed E-state index contributed by atoms with van der Waals surface area (Å²) in [5.41, 5.74) is 0. The Morgan fingerprint density at radius 1 is 0.905 bits per heavy atom. The van der Waals surface area contributed by atoms with E-state index in [2.05, 4.69) is 17.8 Å². The van der Waals surface area contributed by atoms with Gasteiger partial charge in [-0.05, 0) is 0 Å². The van der Waals surface area contributed by atoms with Gasteiger partial charge in [-0.1, -0.05) is 0 Å². The Hall–Kier alpha value is -0.400. The summed E-state index contributed by atoms with van der Waals surface area (Å²) < 4.78 is 119. The molecular weight excluding hydrogens is 361 g/mol. The molecule has 0 N–H and O–H groups in total. The molecule has 0 fully saturated rings. The van der Waals surface area contributed by atoms with Gasteiger partial charge < -0.3 is 0 Å². The van der Waals surface area contributed by atoms with Crippen molar-refractivity contribution in [3.63, 3.8) is 0 Å². The highest BCUT2D eigenvalue weighted by Gasteiger charge is 2.40. The Morgan fingerprint density at radius 3 is 1.57 bits per heavy atom. The molecule has 15 heteroatoms. The quantitative estimate of drug-likeness (QED) is 0.368. The van der Waals surface area contributed by atoms with E-state index in [4.69, 9.17) is 0 Å². The molecule has 0 atom stereocenters. The lowest BCUT2D eigenvalue weighted by molar-refractivity contribution is -0.170. The first-order valence-electron chi connectivity index (χ1n) is 4.63. The fraction of sp³-hybridized carbons (Fsp3) is 1.00. The summed E-state index contributed by atoms with van der Waals surface area (Å²) >= 11 is 0. The first-order chi connectivity index (χ1) is 9.18. The van der Waals surface area contributed by atoms with Gasteiger partial charge in [0.1, 0.15) is 0 Å². The van der Waals surface area contributed by atoms with Gasteiger partial charge in [-0.3, -0.25) is 17.8 Å². The van der Waals surface area contributed by atoms with Gasteiger partial charge in [-0.2, -0.15) is 34.8 Å². The van der Waals surface area contributed by atoms with Crippen LogP contribution in [0.15, 0.2) is 0 Å². The van der Waals surface area contributed by atoms with Crippen LogP contribution in [0.3, 0.4) is 0 Å². The molecule has 0 unspecified atom stereocenters. The molecule has 0 saturated carbocycles. The molecule has 0 aliphatic heterocycles. The molecule has 0 aliphatic carbocycles. The fourth-order valence-electron chi connectivity index (χ4n) is 0.594. The standard InChI is InChI=1S/C6H9F6O7PS/c1-16-21(14,15)4-19-20(13,17-2-5(7,8)9)18-3-6(10,11)12/h2-4H2,1H3. The summed E-state index contributed by atoms with van der Waals surface area (Å²) in [6.07, 6.45) is -10.1. The minimum atomic E-state index is -5.42. The van der Waals surface area contributed by atoms with Gasteiger partial charge in [0.05, 0.1) is 7.11 Å². The molecule has 0 aromatic heterocycles. The maximum Gasteiger partial charge on any atom is 0.476 e. The van der Waals surface area contributed by atoms with Gasteiger partial charge in [0.25, 0.3) is 10.1 Å². The lowest BCUT2D eigenvalue weighted by atomic mass is 10.7. The van der Waals surface area contributed by atoms with Crippen LogP contribution in [0.5, 0.6) is 0 Å². The van der Waals surface area contributed by atoms with Crippen LogP contribution in [-0.2, 0) is 32.4 Å². The van der Waals surface area contributed by atoms with Crippen LogP contribution < -0.4 is 0 Å². The van der Waals surface area contributed by atoms with Crippen LogP contribution in [0, 0.1) is 0 Å². The van der Waals surface area contributed by atoms with Crippen molar-refractivity contribution in [1.82, 2.24) is 0 Å².